The van der Waals surface area contributed by atoms with Crippen LogP contribution in [0.15, 0.2) is 30.3 Å². The highest BCUT2D eigenvalue weighted by atomic mass is 16.4. The van der Waals surface area contributed by atoms with E-state index in [0.29, 0.717) is 12.8 Å². The molecule has 27 heavy (non-hydrogen) atoms. The Balaban J connectivity index is 1.64. The van der Waals surface area contributed by atoms with Crippen LogP contribution in [0.5, 0.6) is 0 Å². The first-order valence-electron chi connectivity index (χ1n) is 9.52. The monoisotopic (exact) mass is 369 g/mol. The van der Waals surface area contributed by atoms with Gasteiger partial charge in [0.05, 0.1) is 23.3 Å². The second-order valence-corrected chi connectivity index (χ2v) is 7.56. The predicted molar refractivity (Wildman–Crippen MR) is 103 cm³/mol. The fraction of sp³-hybridized carbons (Fsp3) is 0.476. The van der Waals surface area contributed by atoms with Crippen LogP contribution >= 0.6 is 0 Å². The minimum absolute atomic E-state index is 0.0453. The van der Waals surface area contributed by atoms with Crippen molar-refractivity contribution in [2.45, 2.75) is 52.5 Å². The van der Waals surface area contributed by atoms with Gasteiger partial charge in [0.25, 0.3) is 0 Å². The molecule has 1 heterocycles. The first kappa shape index (κ1) is 19.1. The van der Waals surface area contributed by atoms with Gasteiger partial charge in [0.1, 0.15) is 0 Å². The molecule has 2 N–H and O–H groups in total. The molecule has 0 spiro atoms. The average Bonchev–Trinajstić information content (AvgIpc) is 3.00. The number of aryl methyl sites for hydroxylation is 2. The van der Waals surface area contributed by atoms with Crippen LogP contribution in [-0.4, -0.2) is 26.8 Å². The number of hydrogen-bond donors (Lipinski definition) is 2. The largest absolute Gasteiger partial charge is 0.481 e. The van der Waals surface area contributed by atoms with Crippen molar-refractivity contribution in [1.82, 2.24) is 15.1 Å². The fourth-order valence-corrected chi connectivity index (χ4v) is 3.86. The molecular formula is C21H27N3O3. The van der Waals surface area contributed by atoms with Gasteiger partial charge in [0, 0.05) is 11.6 Å². The normalized spacial score (nSPS) is 20.9. The van der Waals surface area contributed by atoms with Crippen molar-refractivity contribution in [3.8, 4) is 5.69 Å². The molecule has 144 valence electrons. The van der Waals surface area contributed by atoms with Crippen LogP contribution in [0.1, 0.15) is 55.6 Å². The van der Waals surface area contributed by atoms with Crippen LogP contribution < -0.4 is 5.32 Å². The number of nitrogens with one attached hydrogen (secondary N) is 1. The summed E-state index contributed by atoms with van der Waals surface area (Å²) in [5, 5.41) is 16.7. The molecule has 3 unspecified atom stereocenters. The topological polar surface area (TPSA) is 84.2 Å². The molecule has 6 nitrogen and oxygen atoms in total. The number of aromatic nitrogens is 2. The lowest BCUT2D eigenvalue weighted by atomic mass is 9.81. The van der Waals surface area contributed by atoms with Gasteiger partial charge >= 0.3 is 5.97 Å². The van der Waals surface area contributed by atoms with Gasteiger partial charge in [-0.2, -0.15) is 5.10 Å². The third-order valence-corrected chi connectivity index (χ3v) is 5.40. The van der Waals surface area contributed by atoms with Gasteiger partial charge in [-0.15, -0.1) is 0 Å². The summed E-state index contributed by atoms with van der Waals surface area (Å²) in [6, 6.07) is 9.90. The standard InChI is InChI=1S/C21H27N3O3/c1-13-11-14(2)24(23-13)19-9-7-16(8-10-19)15(3)22-20(25)17-5-4-6-18(12-17)21(26)27/h7-11,15,17-18H,4-6,12H2,1-3H3,(H,22,25)(H,26,27). The van der Waals surface area contributed by atoms with Crippen LogP contribution in [0.2, 0.25) is 0 Å². The van der Waals surface area contributed by atoms with Crippen LogP contribution in [-0.2, 0) is 9.59 Å². The predicted octanol–water partition coefficient (Wildman–Crippen LogP) is 3.56. The molecule has 3 atom stereocenters. The highest BCUT2D eigenvalue weighted by Crippen LogP contribution is 2.30. The van der Waals surface area contributed by atoms with E-state index >= 15 is 0 Å². The summed E-state index contributed by atoms with van der Waals surface area (Å²) < 4.78 is 1.90. The lowest BCUT2D eigenvalue weighted by Gasteiger charge is -2.27. The molecule has 1 aromatic carbocycles. The molecule has 0 saturated heterocycles. The molecule has 1 amide bonds. The summed E-state index contributed by atoms with van der Waals surface area (Å²) in [4.78, 5) is 23.8. The maximum atomic E-state index is 12.6. The van der Waals surface area contributed by atoms with Crippen LogP contribution in [0.25, 0.3) is 5.69 Å². The zero-order chi connectivity index (χ0) is 19.6. The Morgan fingerprint density at radius 2 is 1.85 bits per heavy atom. The first-order valence-corrected chi connectivity index (χ1v) is 9.52. The number of amides is 1. The van der Waals surface area contributed by atoms with Crippen LogP contribution in [0, 0.1) is 25.7 Å². The lowest BCUT2D eigenvalue weighted by molar-refractivity contribution is -0.144. The summed E-state index contributed by atoms with van der Waals surface area (Å²) in [7, 11) is 0. The molecule has 1 saturated carbocycles. The summed E-state index contributed by atoms with van der Waals surface area (Å²) in [6.07, 6.45) is 2.66. The van der Waals surface area contributed by atoms with E-state index in [-0.39, 0.29) is 17.9 Å². The van der Waals surface area contributed by atoms with Crippen LogP contribution in [0.3, 0.4) is 0 Å². The lowest BCUT2D eigenvalue weighted by Crippen LogP contribution is -2.36. The number of hydrogen-bond acceptors (Lipinski definition) is 3. The van der Waals surface area contributed by atoms with E-state index in [1.165, 1.54) is 0 Å². The Morgan fingerprint density at radius 3 is 2.44 bits per heavy atom. The Bertz CT molecular complexity index is 826. The summed E-state index contributed by atoms with van der Waals surface area (Å²) in [5.41, 5.74) is 4.05. The van der Waals surface area contributed by atoms with Gasteiger partial charge in [0.2, 0.25) is 5.91 Å². The van der Waals surface area contributed by atoms with E-state index in [1.54, 1.807) is 0 Å². The molecule has 6 heteroatoms. The number of aliphatic carboxylic acids is 1. The highest BCUT2D eigenvalue weighted by Gasteiger charge is 2.31. The quantitative estimate of drug-likeness (QED) is 0.844. The molecule has 0 aliphatic heterocycles. The summed E-state index contributed by atoms with van der Waals surface area (Å²) >= 11 is 0. The van der Waals surface area contributed by atoms with Gasteiger partial charge in [-0.1, -0.05) is 18.6 Å². The third-order valence-electron chi connectivity index (χ3n) is 5.40. The van der Waals surface area contributed by atoms with E-state index in [2.05, 4.69) is 10.4 Å². The van der Waals surface area contributed by atoms with E-state index in [1.807, 2.05) is 55.8 Å². The highest BCUT2D eigenvalue weighted by molar-refractivity contribution is 5.80. The summed E-state index contributed by atoms with van der Waals surface area (Å²) in [6.45, 7) is 5.94. The van der Waals surface area contributed by atoms with Gasteiger partial charge in [-0.25, -0.2) is 4.68 Å². The molecule has 0 radical (unpaired) electrons. The van der Waals surface area contributed by atoms with E-state index < -0.39 is 11.9 Å². The summed E-state index contributed by atoms with van der Waals surface area (Å²) in [5.74, 6) is -1.45. The Morgan fingerprint density at radius 1 is 1.19 bits per heavy atom. The number of carbonyl (C=O) groups excluding carboxylic acids is 1. The van der Waals surface area contributed by atoms with E-state index in [4.69, 9.17) is 0 Å². The third kappa shape index (κ3) is 4.38. The number of nitrogens with zero attached hydrogens (tertiary/aromatic N) is 2. The number of carbonyl (C=O) groups is 2. The molecule has 2 aromatic rings. The SMILES string of the molecule is Cc1cc(C)n(-c2ccc(C(C)NC(=O)C3CCCC(C(=O)O)C3)cc2)n1. The smallest absolute Gasteiger partial charge is 0.306 e. The van der Waals surface area contributed by atoms with Crippen LogP contribution in [0.4, 0.5) is 0 Å². The van der Waals surface area contributed by atoms with Crippen molar-refractivity contribution in [3.05, 3.63) is 47.3 Å². The Hall–Kier alpha value is -2.63. The van der Waals surface area contributed by atoms with Crippen molar-refractivity contribution in [1.29, 1.82) is 0 Å². The van der Waals surface area contributed by atoms with Crippen molar-refractivity contribution < 1.29 is 14.7 Å². The van der Waals surface area contributed by atoms with E-state index in [0.717, 1.165) is 35.5 Å². The number of rotatable bonds is 5. The molecule has 1 fully saturated rings. The fourth-order valence-electron chi connectivity index (χ4n) is 3.86. The van der Waals surface area contributed by atoms with Gasteiger partial charge in [0.15, 0.2) is 0 Å². The number of carboxylic acids is 1. The Labute approximate surface area is 159 Å². The second-order valence-electron chi connectivity index (χ2n) is 7.56. The molecule has 1 aliphatic carbocycles. The number of benzene rings is 1. The molecule has 1 aliphatic rings. The minimum atomic E-state index is -0.791. The zero-order valence-corrected chi connectivity index (χ0v) is 16.1. The van der Waals surface area contributed by atoms with Gasteiger partial charge in [-0.05, 0) is 63.8 Å². The molecule has 1 aromatic heterocycles. The van der Waals surface area contributed by atoms with Crippen molar-refractivity contribution in [2.75, 3.05) is 0 Å². The van der Waals surface area contributed by atoms with Gasteiger partial charge in [-0.3, -0.25) is 9.59 Å². The van der Waals surface area contributed by atoms with Crippen molar-refractivity contribution in [2.24, 2.45) is 11.8 Å². The number of carboxylic acid groups (broad SMARTS) is 1. The molecule has 0 bridgehead atoms. The zero-order valence-electron chi connectivity index (χ0n) is 16.1. The second kappa shape index (κ2) is 7.94. The van der Waals surface area contributed by atoms with Gasteiger partial charge < -0.3 is 10.4 Å². The molecule has 3 rings (SSSR count). The first-order chi connectivity index (χ1) is 12.8. The minimum Gasteiger partial charge on any atom is -0.481 e. The average molecular weight is 369 g/mol. The van der Waals surface area contributed by atoms with Crippen molar-refractivity contribution >= 4 is 11.9 Å². The maximum Gasteiger partial charge on any atom is 0.306 e. The Kier molecular flexibility index (Phi) is 5.63. The van der Waals surface area contributed by atoms with Crippen molar-refractivity contribution in [3.63, 3.8) is 0 Å². The molecular weight excluding hydrogens is 342 g/mol. The maximum absolute atomic E-state index is 12.6. The van der Waals surface area contributed by atoms with E-state index in [9.17, 15) is 14.7 Å².